The first-order chi connectivity index (χ1) is 8.53. The second kappa shape index (κ2) is 5.36. The van der Waals surface area contributed by atoms with E-state index in [0.29, 0.717) is 13.0 Å². The van der Waals surface area contributed by atoms with Crippen LogP contribution in [0.1, 0.15) is 40.5 Å². The highest BCUT2D eigenvalue weighted by Gasteiger charge is 2.36. The number of hydrogen-bond acceptors (Lipinski definition) is 3. The average Bonchev–Trinajstić information content (AvgIpc) is 2.21. The molecule has 0 radical (unpaired) electrons. The first-order valence-corrected chi connectivity index (χ1v) is 6.54. The number of rotatable bonds is 2. The minimum Gasteiger partial charge on any atom is -0.480 e. The summed E-state index contributed by atoms with van der Waals surface area (Å²) in [6, 6.07) is -0.324. The van der Waals surface area contributed by atoms with Crippen molar-refractivity contribution in [1.29, 1.82) is 0 Å². The molecule has 1 unspecified atom stereocenters. The van der Waals surface area contributed by atoms with E-state index in [1.165, 1.54) is 9.80 Å². The average molecular weight is 272 g/mol. The van der Waals surface area contributed by atoms with Crippen LogP contribution in [0.3, 0.4) is 0 Å². The lowest BCUT2D eigenvalue weighted by Gasteiger charge is -2.42. The third-order valence-corrected chi connectivity index (χ3v) is 3.28. The van der Waals surface area contributed by atoms with Crippen molar-refractivity contribution >= 4 is 12.0 Å². The fourth-order valence-corrected chi connectivity index (χ4v) is 2.28. The fraction of sp³-hybridized carbons (Fsp3) is 0.846. The maximum atomic E-state index is 12.4. The maximum Gasteiger partial charge on any atom is 0.323 e. The summed E-state index contributed by atoms with van der Waals surface area (Å²) in [6.45, 7) is 7.58. The van der Waals surface area contributed by atoms with E-state index in [2.05, 4.69) is 0 Å². The molecule has 2 N–H and O–H groups in total. The monoisotopic (exact) mass is 272 g/mol. The van der Waals surface area contributed by atoms with Gasteiger partial charge in [0.15, 0.2) is 0 Å². The lowest BCUT2D eigenvalue weighted by Crippen LogP contribution is -2.58. The summed E-state index contributed by atoms with van der Waals surface area (Å²) in [4.78, 5) is 26.2. The van der Waals surface area contributed by atoms with Crippen LogP contribution in [-0.2, 0) is 4.79 Å². The van der Waals surface area contributed by atoms with E-state index in [4.69, 9.17) is 5.11 Å². The van der Waals surface area contributed by atoms with Crippen molar-refractivity contribution in [2.24, 2.45) is 0 Å². The minimum atomic E-state index is -1.04. The number of urea groups is 1. The Morgan fingerprint density at radius 1 is 1.37 bits per heavy atom. The Hall–Kier alpha value is -1.30. The summed E-state index contributed by atoms with van der Waals surface area (Å²) in [6.07, 6.45) is 1.38. The number of carboxylic acids is 1. The molecule has 1 rings (SSSR count). The quantitative estimate of drug-likeness (QED) is 0.790. The molecule has 110 valence electrons. The molecule has 6 nitrogen and oxygen atoms in total. The number of aliphatic carboxylic acids is 1. The lowest BCUT2D eigenvalue weighted by atomic mass is 9.95. The van der Waals surface area contributed by atoms with Crippen molar-refractivity contribution in [3.8, 4) is 0 Å². The molecule has 0 aliphatic carbocycles. The highest BCUT2D eigenvalue weighted by atomic mass is 16.4. The van der Waals surface area contributed by atoms with Crippen LogP contribution in [0.2, 0.25) is 0 Å². The summed E-state index contributed by atoms with van der Waals surface area (Å²) in [7, 11) is 0. The smallest absolute Gasteiger partial charge is 0.323 e. The largest absolute Gasteiger partial charge is 0.480 e. The third-order valence-electron chi connectivity index (χ3n) is 3.28. The molecule has 1 aliphatic heterocycles. The molecular weight excluding hydrogens is 248 g/mol. The van der Waals surface area contributed by atoms with Crippen LogP contribution in [0.25, 0.3) is 0 Å². The predicted molar refractivity (Wildman–Crippen MR) is 70.9 cm³/mol. The Balaban J connectivity index is 2.84. The molecule has 1 heterocycles. The van der Waals surface area contributed by atoms with Crippen LogP contribution in [0.5, 0.6) is 0 Å². The molecule has 2 amide bonds. The van der Waals surface area contributed by atoms with Gasteiger partial charge in [0.05, 0.1) is 12.1 Å². The zero-order valence-corrected chi connectivity index (χ0v) is 12.1. The van der Waals surface area contributed by atoms with Gasteiger partial charge in [-0.25, -0.2) is 4.79 Å². The standard InChI is InChI=1S/C13H24N2O4/c1-12(2,3)15(8-10(16)17)11(18)14-7-5-6-13(4,19)9-14/h19H,5-9H2,1-4H3,(H,16,17). The number of β-amino-alcohol motifs (C(OH)–C–C–N with tert-alkyl or cyclic N) is 1. The molecule has 0 spiro atoms. The highest BCUT2D eigenvalue weighted by molar-refractivity contribution is 5.81. The number of amides is 2. The molecule has 0 saturated carbocycles. The van der Waals surface area contributed by atoms with Gasteiger partial charge >= 0.3 is 12.0 Å². The molecule has 0 aromatic rings. The summed E-state index contributed by atoms with van der Waals surface area (Å²) in [5.41, 5.74) is -1.46. The summed E-state index contributed by atoms with van der Waals surface area (Å²) in [5, 5.41) is 19.0. The number of carbonyl (C=O) groups excluding carboxylic acids is 1. The van der Waals surface area contributed by atoms with E-state index in [9.17, 15) is 14.7 Å². The second-order valence-electron chi connectivity index (χ2n) is 6.46. The van der Waals surface area contributed by atoms with Gasteiger partial charge < -0.3 is 20.0 Å². The molecule has 1 fully saturated rings. The van der Waals surface area contributed by atoms with Crippen molar-refractivity contribution < 1.29 is 19.8 Å². The molecule has 0 bridgehead atoms. The number of likely N-dealkylation sites (tertiary alicyclic amines) is 1. The lowest BCUT2D eigenvalue weighted by molar-refractivity contribution is -0.138. The van der Waals surface area contributed by atoms with Crippen LogP contribution in [0, 0.1) is 0 Å². The van der Waals surface area contributed by atoms with Gasteiger partial charge in [0, 0.05) is 12.1 Å². The Morgan fingerprint density at radius 3 is 2.37 bits per heavy atom. The van der Waals surface area contributed by atoms with Gasteiger partial charge in [-0.3, -0.25) is 4.79 Å². The van der Waals surface area contributed by atoms with Crippen LogP contribution >= 0.6 is 0 Å². The van der Waals surface area contributed by atoms with E-state index >= 15 is 0 Å². The van der Waals surface area contributed by atoms with Crippen LogP contribution in [-0.4, -0.2) is 62.8 Å². The van der Waals surface area contributed by atoms with E-state index in [1.54, 1.807) is 27.7 Å². The first kappa shape index (κ1) is 15.8. The van der Waals surface area contributed by atoms with Gasteiger partial charge in [0.1, 0.15) is 6.54 Å². The number of carbonyl (C=O) groups is 2. The zero-order valence-electron chi connectivity index (χ0n) is 12.1. The minimum absolute atomic E-state index is 0.248. The number of aliphatic hydroxyl groups is 1. The molecule has 19 heavy (non-hydrogen) atoms. The van der Waals surface area contributed by atoms with Gasteiger partial charge in [-0.15, -0.1) is 0 Å². The summed E-state index contributed by atoms with van der Waals surface area (Å²) >= 11 is 0. The van der Waals surface area contributed by atoms with Gasteiger partial charge in [-0.05, 0) is 40.5 Å². The Kier molecular flexibility index (Phi) is 4.45. The molecule has 1 aliphatic rings. The van der Waals surface area contributed by atoms with Crippen molar-refractivity contribution in [2.75, 3.05) is 19.6 Å². The summed E-state index contributed by atoms with van der Waals surface area (Å²) in [5.74, 6) is -1.04. The molecule has 1 atom stereocenters. The maximum absolute atomic E-state index is 12.4. The number of piperidine rings is 1. The van der Waals surface area contributed by atoms with Crippen molar-refractivity contribution in [2.45, 2.75) is 51.7 Å². The first-order valence-electron chi connectivity index (χ1n) is 6.54. The van der Waals surface area contributed by atoms with E-state index in [-0.39, 0.29) is 19.1 Å². The SMILES string of the molecule is CC1(O)CCCN(C(=O)N(CC(=O)O)C(C)(C)C)C1. The number of nitrogens with zero attached hydrogens (tertiary/aromatic N) is 2. The molecule has 0 aromatic carbocycles. The van der Waals surface area contributed by atoms with Gasteiger partial charge in [0.25, 0.3) is 0 Å². The van der Waals surface area contributed by atoms with E-state index in [1.807, 2.05) is 0 Å². The molecule has 1 saturated heterocycles. The number of hydrogen-bond donors (Lipinski definition) is 2. The Bertz CT molecular complexity index is 360. The van der Waals surface area contributed by atoms with Crippen molar-refractivity contribution in [3.63, 3.8) is 0 Å². The third kappa shape index (κ3) is 4.38. The number of carboxylic acid groups (broad SMARTS) is 1. The second-order valence-corrected chi connectivity index (χ2v) is 6.46. The summed E-state index contributed by atoms with van der Waals surface area (Å²) < 4.78 is 0. The van der Waals surface area contributed by atoms with Gasteiger partial charge in [-0.2, -0.15) is 0 Å². The predicted octanol–water partition coefficient (Wildman–Crippen LogP) is 1.14. The van der Waals surface area contributed by atoms with Gasteiger partial charge in [0.2, 0.25) is 0 Å². The van der Waals surface area contributed by atoms with Crippen molar-refractivity contribution in [3.05, 3.63) is 0 Å². The van der Waals surface area contributed by atoms with Crippen LogP contribution < -0.4 is 0 Å². The highest BCUT2D eigenvalue weighted by Crippen LogP contribution is 2.23. The normalized spacial score (nSPS) is 24.2. The molecular formula is C13H24N2O4. The molecule has 0 aromatic heterocycles. The van der Waals surface area contributed by atoms with E-state index < -0.39 is 17.1 Å². The van der Waals surface area contributed by atoms with Crippen LogP contribution in [0.4, 0.5) is 4.79 Å². The topological polar surface area (TPSA) is 81.1 Å². The van der Waals surface area contributed by atoms with Gasteiger partial charge in [-0.1, -0.05) is 0 Å². The Morgan fingerprint density at radius 2 is 1.95 bits per heavy atom. The zero-order chi connectivity index (χ0) is 14.8. The van der Waals surface area contributed by atoms with E-state index in [0.717, 1.165) is 6.42 Å². The Labute approximate surface area is 114 Å². The van der Waals surface area contributed by atoms with Crippen LogP contribution in [0.15, 0.2) is 0 Å². The van der Waals surface area contributed by atoms with Crippen molar-refractivity contribution in [1.82, 2.24) is 9.80 Å². The fourth-order valence-electron chi connectivity index (χ4n) is 2.28. The molecule has 6 heteroatoms.